The summed E-state index contributed by atoms with van der Waals surface area (Å²) in [5.41, 5.74) is 0. The Morgan fingerprint density at radius 3 is 2.43 bits per heavy atom. The quantitative estimate of drug-likeness (QED) is 0.301. The van der Waals surface area contributed by atoms with Gasteiger partial charge >= 0.3 is 0 Å². The van der Waals surface area contributed by atoms with E-state index in [9.17, 15) is 8.42 Å². The van der Waals surface area contributed by atoms with Gasteiger partial charge in [-0.1, -0.05) is 23.2 Å². The van der Waals surface area contributed by atoms with Crippen molar-refractivity contribution in [3.8, 4) is 5.75 Å². The van der Waals surface area contributed by atoms with Crippen LogP contribution in [0.2, 0.25) is 10.0 Å². The lowest BCUT2D eigenvalue weighted by atomic mass is 9.98. The van der Waals surface area contributed by atoms with Crippen LogP contribution >= 0.6 is 47.2 Å². The van der Waals surface area contributed by atoms with E-state index in [1.165, 1.54) is 0 Å². The van der Waals surface area contributed by atoms with Gasteiger partial charge in [-0.25, -0.2) is 13.6 Å². The number of piperidine rings is 1. The molecule has 3 N–H and O–H groups in total. The molecule has 0 bridgehead atoms. The minimum absolute atomic E-state index is 0. The van der Waals surface area contributed by atoms with Crippen LogP contribution in [0.25, 0.3) is 0 Å². The number of halogens is 3. The van der Waals surface area contributed by atoms with E-state index in [4.69, 9.17) is 33.1 Å². The summed E-state index contributed by atoms with van der Waals surface area (Å²) in [6, 6.07) is 5.18. The van der Waals surface area contributed by atoms with Crippen molar-refractivity contribution in [2.75, 3.05) is 38.5 Å². The number of benzene rings is 1. The SMILES string of the molecule is CCNC(=NCCS(N)(=O)=O)N1CCC(COc2cc(Cl)cc(Cl)c2)CC1.I. The fraction of sp³-hybridized carbons (Fsp3) is 0.588. The first-order valence-corrected chi connectivity index (χ1v) is 11.4. The Hall–Kier alpha value is -0.490. The van der Waals surface area contributed by atoms with Crippen LogP contribution in [-0.4, -0.2) is 57.8 Å². The number of hydrogen-bond donors (Lipinski definition) is 2. The third kappa shape index (κ3) is 9.34. The van der Waals surface area contributed by atoms with Crippen LogP contribution in [0.5, 0.6) is 5.75 Å². The Morgan fingerprint density at radius 2 is 1.89 bits per heavy atom. The third-order valence-corrected chi connectivity index (χ3v) is 5.40. The van der Waals surface area contributed by atoms with Gasteiger partial charge in [-0.3, -0.25) is 4.99 Å². The van der Waals surface area contributed by atoms with E-state index >= 15 is 0 Å². The molecule has 1 aromatic rings. The number of likely N-dealkylation sites (tertiary alicyclic amines) is 1. The predicted octanol–water partition coefficient (Wildman–Crippen LogP) is 2.96. The summed E-state index contributed by atoms with van der Waals surface area (Å²) in [6.07, 6.45) is 1.90. The molecule has 11 heteroatoms. The van der Waals surface area contributed by atoms with Crippen molar-refractivity contribution in [1.29, 1.82) is 0 Å². The lowest BCUT2D eigenvalue weighted by Crippen LogP contribution is -2.46. The molecule has 0 spiro atoms. The van der Waals surface area contributed by atoms with Crippen LogP contribution in [0.15, 0.2) is 23.2 Å². The van der Waals surface area contributed by atoms with Gasteiger partial charge in [-0.15, -0.1) is 24.0 Å². The fourth-order valence-electron chi connectivity index (χ4n) is 2.84. The van der Waals surface area contributed by atoms with E-state index in [1.54, 1.807) is 18.2 Å². The van der Waals surface area contributed by atoms with Crippen LogP contribution in [0, 0.1) is 5.92 Å². The Morgan fingerprint density at radius 1 is 1.29 bits per heavy atom. The number of ether oxygens (including phenoxy) is 1. The first kappa shape index (κ1) is 25.5. The van der Waals surface area contributed by atoms with Gasteiger partial charge in [-0.05, 0) is 43.9 Å². The number of rotatable bonds is 7. The molecular weight excluding hydrogens is 538 g/mol. The molecule has 0 aromatic heterocycles. The van der Waals surface area contributed by atoms with Crippen LogP contribution < -0.4 is 15.2 Å². The summed E-state index contributed by atoms with van der Waals surface area (Å²) < 4.78 is 28.0. The number of nitrogens with zero attached hydrogens (tertiary/aromatic N) is 2. The molecule has 7 nitrogen and oxygen atoms in total. The molecule has 0 atom stereocenters. The van der Waals surface area contributed by atoms with Crippen molar-refractivity contribution < 1.29 is 13.2 Å². The lowest BCUT2D eigenvalue weighted by molar-refractivity contribution is 0.179. The van der Waals surface area contributed by atoms with Crippen LogP contribution in [0.3, 0.4) is 0 Å². The predicted molar refractivity (Wildman–Crippen MR) is 126 cm³/mol. The number of nitrogens with one attached hydrogen (secondary N) is 1. The normalized spacial score (nSPS) is 15.9. The highest BCUT2D eigenvalue weighted by molar-refractivity contribution is 14.0. The Balaban J connectivity index is 0.00000392. The maximum Gasteiger partial charge on any atom is 0.210 e. The van der Waals surface area contributed by atoms with Gasteiger partial charge in [0.15, 0.2) is 5.96 Å². The highest BCUT2D eigenvalue weighted by Gasteiger charge is 2.22. The summed E-state index contributed by atoms with van der Waals surface area (Å²) >= 11 is 12.0. The average molecular weight is 565 g/mol. The van der Waals surface area contributed by atoms with Gasteiger partial charge in [0.1, 0.15) is 5.75 Å². The molecule has 0 radical (unpaired) electrons. The fourth-order valence-corrected chi connectivity index (χ4v) is 3.69. The number of aliphatic imine (C=N–C) groups is 1. The van der Waals surface area contributed by atoms with Gasteiger partial charge in [0, 0.05) is 29.7 Å². The van der Waals surface area contributed by atoms with Crippen LogP contribution in [0.1, 0.15) is 19.8 Å². The molecule has 28 heavy (non-hydrogen) atoms. The number of guanidine groups is 1. The molecule has 160 valence electrons. The standard InChI is InChI=1S/C17H26Cl2N4O3S.HI/c1-2-21-17(22-5-8-27(20,24)25)23-6-3-13(4-7-23)12-26-16-10-14(18)9-15(19)11-16;/h9-11,13H,2-8,12H2,1H3,(H,21,22)(H2,20,24,25);1H. The minimum Gasteiger partial charge on any atom is -0.493 e. The average Bonchev–Trinajstić information content (AvgIpc) is 2.58. The van der Waals surface area contributed by atoms with Crippen molar-refractivity contribution in [3.05, 3.63) is 28.2 Å². The van der Waals surface area contributed by atoms with E-state index in [-0.39, 0.29) is 36.3 Å². The van der Waals surface area contributed by atoms with Crippen molar-refractivity contribution >= 4 is 63.2 Å². The molecule has 1 aliphatic rings. The Kier molecular flexibility index (Phi) is 11.2. The van der Waals surface area contributed by atoms with E-state index in [0.29, 0.717) is 34.9 Å². The zero-order valence-corrected chi connectivity index (χ0v) is 20.4. The first-order chi connectivity index (χ1) is 12.8. The zero-order chi connectivity index (χ0) is 19.9. The number of nitrogens with two attached hydrogens (primary N) is 1. The maximum atomic E-state index is 11.1. The summed E-state index contributed by atoms with van der Waals surface area (Å²) in [5, 5.41) is 9.34. The molecule has 1 heterocycles. The largest absolute Gasteiger partial charge is 0.493 e. The molecule has 1 saturated heterocycles. The Bertz CT molecular complexity index is 737. The molecule has 2 rings (SSSR count). The van der Waals surface area contributed by atoms with Crippen molar-refractivity contribution in [2.24, 2.45) is 16.0 Å². The van der Waals surface area contributed by atoms with Crippen molar-refractivity contribution in [2.45, 2.75) is 19.8 Å². The van der Waals surface area contributed by atoms with E-state index < -0.39 is 10.0 Å². The zero-order valence-electron chi connectivity index (χ0n) is 15.7. The highest BCUT2D eigenvalue weighted by atomic mass is 127. The Labute approximate surface area is 194 Å². The lowest BCUT2D eigenvalue weighted by Gasteiger charge is -2.34. The first-order valence-electron chi connectivity index (χ1n) is 8.89. The monoisotopic (exact) mass is 564 g/mol. The molecule has 0 unspecified atom stereocenters. The van der Waals surface area contributed by atoms with Crippen LogP contribution in [0.4, 0.5) is 0 Å². The minimum atomic E-state index is -3.50. The van der Waals surface area contributed by atoms with Gasteiger partial charge in [0.25, 0.3) is 0 Å². The van der Waals surface area contributed by atoms with Crippen molar-refractivity contribution in [1.82, 2.24) is 10.2 Å². The molecule has 1 aromatic carbocycles. The second-order valence-electron chi connectivity index (χ2n) is 6.45. The topological polar surface area (TPSA) is 97.0 Å². The summed E-state index contributed by atoms with van der Waals surface area (Å²) in [7, 11) is -3.50. The number of sulfonamides is 1. The van der Waals surface area contributed by atoms with E-state index in [2.05, 4.69) is 15.2 Å². The molecule has 1 aliphatic heterocycles. The van der Waals surface area contributed by atoms with Gasteiger partial charge in [-0.2, -0.15) is 0 Å². The molecular formula is C17H27Cl2IN4O3S. The summed E-state index contributed by atoms with van der Waals surface area (Å²) in [6.45, 7) is 5.10. The molecule has 1 fully saturated rings. The second-order valence-corrected chi connectivity index (χ2v) is 9.06. The number of hydrogen-bond acceptors (Lipinski definition) is 4. The third-order valence-electron chi connectivity index (χ3n) is 4.21. The summed E-state index contributed by atoms with van der Waals surface area (Å²) in [5.74, 6) is 1.66. The number of primary sulfonamides is 1. The highest BCUT2D eigenvalue weighted by Crippen LogP contribution is 2.26. The molecule has 0 aliphatic carbocycles. The van der Waals surface area contributed by atoms with Crippen molar-refractivity contribution in [3.63, 3.8) is 0 Å². The summed E-state index contributed by atoms with van der Waals surface area (Å²) in [4.78, 5) is 6.51. The van der Waals surface area contributed by atoms with Gasteiger partial charge in [0.2, 0.25) is 10.0 Å². The van der Waals surface area contributed by atoms with E-state index in [0.717, 1.165) is 31.9 Å². The van der Waals surface area contributed by atoms with E-state index in [1.807, 2.05) is 6.92 Å². The molecule has 0 amide bonds. The second kappa shape index (κ2) is 12.3. The maximum absolute atomic E-state index is 11.1. The smallest absolute Gasteiger partial charge is 0.210 e. The van der Waals surface area contributed by atoms with Gasteiger partial charge < -0.3 is 15.0 Å². The van der Waals surface area contributed by atoms with Crippen LogP contribution in [-0.2, 0) is 10.0 Å². The molecule has 0 saturated carbocycles. The van der Waals surface area contributed by atoms with Gasteiger partial charge in [0.05, 0.1) is 18.9 Å².